The summed E-state index contributed by atoms with van der Waals surface area (Å²) < 4.78 is 66.2. The van der Waals surface area contributed by atoms with E-state index in [0.717, 1.165) is 27.5 Å². The molecule has 3 N–H and O–H groups in total. The Morgan fingerprint density at radius 1 is 1.08 bits per heavy atom. The molecule has 3 aliphatic rings. The lowest BCUT2D eigenvalue weighted by Gasteiger charge is -2.26. The highest BCUT2D eigenvalue weighted by Crippen LogP contribution is 2.48. The monoisotopic (exact) mass is 778 g/mol. The molecule has 52 heavy (non-hydrogen) atoms. The molecule has 15 nitrogen and oxygen atoms in total. The number of nitrogens with one attached hydrogen (secondary N) is 1. The van der Waals surface area contributed by atoms with Crippen LogP contribution >= 0.6 is 11.8 Å². The first-order valence-corrected chi connectivity index (χ1v) is 21.0. The normalized spacial score (nSPS) is 20.1. The Morgan fingerprint density at radius 2 is 1.75 bits per heavy atom. The molecule has 18 heteroatoms. The van der Waals surface area contributed by atoms with Crippen LogP contribution in [0, 0.1) is 0 Å². The van der Waals surface area contributed by atoms with Crippen molar-refractivity contribution in [1.82, 2.24) is 10.0 Å². The molecule has 2 amide bonds. The number of imide groups is 1. The lowest BCUT2D eigenvalue weighted by molar-refractivity contribution is -0.683. The molecule has 1 fully saturated rings. The van der Waals surface area contributed by atoms with Crippen LogP contribution in [0.1, 0.15) is 70.9 Å². The molecule has 0 aliphatic carbocycles. The van der Waals surface area contributed by atoms with E-state index in [1.807, 2.05) is 65.9 Å². The topological polar surface area (TPSA) is 204 Å². The second-order valence-electron chi connectivity index (χ2n) is 14.0. The van der Waals surface area contributed by atoms with Gasteiger partial charge in [0.15, 0.2) is 0 Å². The van der Waals surface area contributed by atoms with Crippen LogP contribution < -0.4 is 14.8 Å². The van der Waals surface area contributed by atoms with Crippen LogP contribution in [0.15, 0.2) is 59.4 Å². The zero-order valence-electron chi connectivity index (χ0n) is 29.4. The maximum Gasteiger partial charge on any atom is 0.334 e. The summed E-state index contributed by atoms with van der Waals surface area (Å²) in [5.41, 5.74) is 1.90. The SMILES string of the molecule is CC1(C)/C(=C/C=C/C2Nc3c(ccc[n+]3CCCS(=O)(=O)O)C2(C)C)N(CCCS(=O)(=O)O)c2ncc(SCCC(=O)ON3C(=O)CCC3=O)cc21. The van der Waals surface area contributed by atoms with Gasteiger partial charge in [-0.2, -0.15) is 16.8 Å². The van der Waals surface area contributed by atoms with E-state index < -0.39 is 49.2 Å². The van der Waals surface area contributed by atoms with E-state index in [-0.39, 0.29) is 55.9 Å². The molecule has 5 rings (SSSR count). The summed E-state index contributed by atoms with van der Waals surface area (Å²) in [7, 11) is -8.24. The minimum atomic E-state index is -4.18. The van der Waals surface area contributed by atoms with E-state index in [0.29, 0.717) is 23.2 Å². The molecule has 1 atom stereocenters. The first kappa shape index (κ1) is 39.4. The van der Waals surface area contributed by atoms with Crippen molar-refractivity contribution in [2.24, 2.45) is 0 Å². The first-order chi connectivity index (χ1) is 24.3. The lowest BCUT2D eigenvalue weighted by atomic mass is 9.81. The molecule has 0 bridgehead atoms. The Balaban J connectivity index is 1.33. The highest BCUT2D eigenvalue weighted by Gasteiger charge is 2.45. The van der Waals surface area contributed by atoms with Gasteiger partial charge >= 0.3 is 5.97 Å². The van der Waals surface area contributed by atoms with Gasteiger partial charge in [0.05, 0.1) is 36.2 Å². The number of thioether (sulfide) groups is 1. The Bertz CT molecular complexity index is 2010. The number of aryl methyl sites for hydroxylation is 1. The van der Waals surface area contributed by atoms with Gasteiger partial charge in [-0.1, -0.05) is 33.8 Å². The minimum Gasteiger partial charge on any atom is -0.330 e. The number of nitrogens with zero attached hydrogens (tertiary/aromatic N) is 4. The molecule has 2 aromatic heterocycles. The molecule has 0 saturated carbocycles. The first-order valence-electron chi connectivity index (χ1n) is 16.8. The highest BCUT2D eigenvalue weighted by molar-refractivity contribution is 7.99. The zero-order chi connectivity index (χ0) is 38.1. The Hall–Kier alpha value is -3.84. The number of hydrogen-bond donors (Lipinski definition) is 3. The van der Waals surface area contributed by atoms with Crippen molar-refractivity contribution in [3.8, 4) is 0 Å². The summed E-state index contributed by atoms with van der Waals surface area (Å²) in [5, 5.41) is 4.10. The van der Waals surface area contributed by atoms with Gasteiger partial charge in [0, 0.05) is 64.7 Å². The number of hydroxylamine groups is 2. The number of anilines is 2. The number of carbonyl (C=O) groups is 3. The molecule has 1 unspecified atom stereocenters. The third-order valence-corrected chi connectivity index (χ3v) is 12.0. The summed E-state index contributed by atoms with van der Waals surface area (Å²) in [6.07, 6.45) is 9.90. The fourth-order valence-corrected chi connectivity index (χ4v) is 8.47. The van der Waals surface area contributed by atoms with Gasteiger partial charge in [-0.25, -0.2) is 14.3 Å². The molecule has 1 saturated heterocycles. The van der Waals surface area contributed by atoms with Gasteiger partial charge in [-0.3, -0.25) is 24.0 Å². The predicted octanol–water partition coefficient (Wildman–Crippen LogP) is 3.32. The maximum absolute atomic E-state index is 12.3. The van der Waals surface area contributed by atoms with E-state index in [2.05, 4.69) is 19.2 Å². The molecule has 0 radical (unpaired) electrons. The predicted molar refractivity (Wildman–Crippen MR) is 193 cm³/mol. The van der Waals surface area contributed by atoms with Gasteiger partial charge in [0.2, 0.25) is 0 Å². The minimum absolute atomic E-state index is 0.0181. The van der Waals surface area contributed by atoms with Crippen molar-refractivity contribution in [2.75, 3.05) is 34.0 Å². The molecule has 3 aliphatic heterocycles. The fourth-order valence-electron chi connectivity index (χ4n) is 6.65. The third-order valence-electron chi connectivity index (χ3n) is 9.45. The Labute approximate surface area is 308 Å². The number of fused-ring (bicyclic) bond motifs is 2. The van der Waals surface area contributed by atoms with E-state index >= 15 is 0 Å². The summed E-state index contributed by atoms with van der Waals surface area (Å²) in [6, 6.07) is 5.78. The van der Waals surface area contributed by atoms with Crippen LogP contribution in [-0.2, 0) is 56.8 Å². The summed E-state index contributed by atoms with van der Waals surface area (Å²) in [4.78, 5) is 48.3. The van der Waals surface area contributed by atoms with Crippen LogP contribution in [0.5, 0.6) is 0 Å². The number of pyridine rings is 2. The number of aromatic nitrogens is 2. The molecule has 0 aromatic carbocycles. The van der Waals surface area contributed by atoms with Crippen molar-refractivity contribution in [3.63, 3.8) is 0 Å². The Morgan fingerprint density at radius 3 is 2.42 bits per heavy atom. The zero-order valence-corrected chi connectivity index (χ0v) is 31.9. The molecule has 282 valence electrons. The highest BCUT2D eigenvalue weighted by atomic mass is 32.2. The van der Waals surface area contributed by atoms with Crippen LogP contribution in [0.2, 0.25) is 0 Å². The second-order valence-corrected chi connectivity index (χ2v) is 18.3. The molecule has 2 aromatic rings. The van der Waals surface area contributed by atoms with Gasteiger partial charge in [-0.05, 0) is 36.8 Å². The fraction of sp³-hybridized carbons (Fsp3) is 0.500. The molecule has 0 spiro atoms. The van der Waals surface area contributed by atoms with Crippen LogP contribution in [-0.4, -0.2) is 83.6 Å². The average molecular weight is 779 g/mol. The summed E-state index contributed by atoms with van der Waals surface area (Å²) in [6.45, 7) is 8.97. The van der Waals surface area contributed by atoms with Crippen LogP contribution in [0.4, 0.5) is 11.6 Å². The number of carbonyl (C=O) groups excluding carboxylic acids is 3. The van der Waals surface area contributed by atoms with Crippen molar-refractivity contribution in [3.05, 3.63) is 65.6 Å². The molecular formula is C34H44N5O10S3+. The maximum atomic E-state index is 12.3. The average Bonchev–Trinajstić information content (AvgIpc) is 3.57. The smallest absolute Gasteiger partial charge is 0.330 e. The lowest BCUT2D eigenvalue weighted by Crippen LogP contribution is -2.37. The van der Waals surface area contributed by atoms with Crippen molar-refractivity contribution < 1.29 is 49.7 Å². The number of rotatable bonds is 15. The van der Waals surface area contributed by atoms with Crippen LogP contribution in [0.25, 0.3) is 0 Å². The number of amides is 2. The van der Waals surface area contributed by atoms with Crippen molar-refractivity contribution >= 4 is 61.4 Å². The van der Waals surface area contributed by atoms with Gasteiger partial charge in [0.1, 0.15) is 11.9 Å². The van der Waals surface area contributed by atoms with Gasteiger partial charge < -0.3 is 9.74 Å². The van der Waals surface area contributed by atoms with E-state index in [9.17, 15) is 35.8 Å². The van der Waals surface area contributed by atoms with Crippen molar-refractivity contribution in [2.45, 2.75) is 88.1 Å². The Kier molecular flexibility index (Phi) is 11.5. The van der Waals surface area contributed by atoms with E-state index in [4.69, 9.17) is 14.4 Å². The quantitative estimate of drug-likeness (QED) is 0.103. The standard InChI is InChI=1S/C34H43N5O10S3/c1-33(2)24-9-6-15-37(16-7-19-51(43,44)45)32(24)36-26(33)10-5-11-27-34(3,4)25-21-23(22-35-31(25)38(27)17-8-20-52(46,47)48)50-18-14-30(42)49-39-28(40)12-13-29(39)41/h5-6,9-11,15,21-22,26H,7-8,12-14,16-20H2,1-4H3,(H2,43,44,45,46,47,48)/p+1/b10-5+,27-11-. The third kappa shape index (κ3) is 9.02. The van der Waals surface area contributed by atoms with Crippen molar-refractivity contribution in [1.29, 1.82) is 0 Å². The van der Waals surface area contributed by atoms with Gasteiger partial charge in [-0.15, -0.1) is 16.8 Å². The van der Waals surface area contributed by atoms with E-state index in [1.165, 1.54) is 11.8 Å². The summed E-state index contributed by atoms with van der Waals surface area (Å²) in [5.74, 6) is -0.692. The number of hydrogen-bond acceptors (Lipinski definition) is 12. The number of allylic oxidation sites excluding steroid dienone is 3. The summed E-state index contributed by atoms with van der Waals surface area (Å²) >= 11 is 1.37. The largest absolute Gasteiger partial charge is 0.334 e. The van der Waals surface area contributed by atoms with Gasteiger partial charge in [0.25, 0.3) is 37.9 Å². The van der Waals surface area contributed by atoms with E-state index in [1.54, 1.807) is 6.20 Å². The molecule has 5 heterocycles. The van der Waals surface area contributed by atoms with Crippen LogP contribution in [0.3, 0.4) is 0 Å². The molecular weight excluding hydrogens is 735 g/mol. The second kappa shape index (κ2) is 15.3.